The van der Waals surface area contributed by atoms with Crippen LogP contribution >= 0.6 is 0 Å². The average molecular weight is 498 g/mol. The molecule has 6 heteroatoms. The Balaban J connectivity index is 1.21. The van der Waals surface area contributed by atoms with Crippen molar-refractivity contribution in [2.45, 2.75) is 26.2 Å². The standard InChI is InChI=1S/C31H31NO5/c1-22(33)32-18-17-26-6-4-5-25-13-16-29(21-30(25)26)37-20-3-2-19-36-28-14-11-24(12-15-28)23-7-9-27(10-8-23)31(34)35/h4-16,21H,2-3,17-20H2,1H3,(H,32,33)(H,34,35). The van der Waals surface area contributed by atoms with E-state index < -0.39 is 5.97 Å². The van der Waals surface area contributed by atoms with Gasteiger partial charge in [-0.2, -0.15) is 0 Å². The molecule has 0 saturated heterocycles. The Morgan fingerprint density at radius 1 is 0.784 bits per heavy atom. The zero-order valence-corrected chi connectivity index (χ0v) is 20.9. The van der Waals surface area contributed by atoms with Gasteiger partial charge in [-0.25, -0.2) is 4.79 Å². The van der Waals surface area contributed by atoms with Crippen LogP contribution in [0.15, 0.2) is 84.9 Å². The monoisotopic (exact) mass is 497 g/mol. The molecule has 37 heavy (non-hydrogen) atoms. The van der Waals surface area contributed by atoms with Crippen LogP contribution in [-0.4, -0.2) is 36.7 Å². The van der Waals surface area contributed by atoms with Gasteiger partial charge < -0.3 is 19.9 Å². The summed E-state index contributed by atoms with van der Waals surface area (Å²) in [6, 6.07) is 27.0. The second-order valence-corrected chi connectivity index (χ2v) is 8.84. The number of carboxylic acids is 1. The van der Waals surface area contributed by atoms with E-state index in [1.54, 1.807) is 12.1 Å². The van der Waals surface area contributed by atoms with E-state index in [-0.39, 0.29) is 11.5 Å². The Labute approximate surface area is 216 Å². The summed E-state index contributed by atoms with van der Waals surface area (Å²) in [5.41, 5.74) is 3.43. The van der Waals surface area contributed by atoms with Gasteiger partial charge >= 0.3 is 5.97 Å². The van der Waals surface area contributed by atoms with E-state index in [0.717, 1.165) is 52.7 Å². The fourth-order valence-corrected chi connectivity index (χ4v) is 4.13. The van der Waals surface area contributed by atoms with Crippen molar-refractivity contribution < 1.29 is 24.2 Å². The molecule has 0 unspecified atom stereocenters. The van der Waals surface area contributed by atoms with E-state index >= 15 is 0 Å². The van der Waals surface area contributed by atoms with Crippen molar-refractivity contribution in [3.63, 3.8) is 0 Å². The first kappa shape index (κ1) is 25.8. The molecule has 0 radical (unpaired) electrons. The Morgan fingerprint density at radius 3 is 2.05 bits per heavy atom. The summed E-state index contributed by atoms with van der Waals surface area (Å²) in [4.78, 5) is 22.2. The van der Waals surface area contributed by atoms with Crippen molar-refractivity contribution >= 4 is 22.6 Å². The second-order valence-electron chi connectivity index (χ2n) is 8.84. The number of hydrogen-bond donors (Lipinski definition) is 2. The quantitative estimate of drug-likeness (QED) is 0.230. The van der Waals surface area contributed by atoms with E-state index in [1.807, 2.05) is 48.5 Å². The third-order valence-electron chi connectivity index (χ3n) is 6.11. The molecular weight excluding hydrogens is 466 g/mol. The molecule has 2 N–H and O–H groups in total. The lowest BCUT2D eigenvalue weighted by Gasteiger charge is -2.11. The molecule has 6 nitrogen and oxygen atoms in total. The second kappa shape index (κ2) is 12.6. The molecule has 190 valence electrons. The van der Waals surface area contributed by atoms with Crippen molar-refractivity contribution in [1.29, 1.82) is 0 Å². The van der Waals surface area contributed by atoms with Crippen molar-refractivity contribution in [2.75, 3.05) is 19.8 Å². The molecular formula is C31H31NO5. The summed E-state index contributed by atoms with van der Waals surface area (Å²) in [7, 11) is 0. The van der Waals surface area contributed by atoms with Crippen LogP contribution in [0, 0.1) is 0 Å². The van der Waals surface area contributed by atoms with Gasteiger partial charge in [0.15, 0.2) is 0 Å². The molecule has 0 aliphatic rings. The molecule has 0 aromatic heterocycles. The zero-order valence-electron chi connectivity index (χ0n) is 20.9. The van der Waals surface area contributed by atoms with E-state index in [0.29, 0.717) is 19.8 Å². The van der Waals surface area contributed by atoms with Crippen LogP contribution in [0.1, 0.15) is 35.7 Å². The van der Waals surface area contributed by atoms with Gasteiger partial charge in [-0.05, 0) is 83.1 Å². The summed E-state index contributed by atoms with van der Waals surface area (Å²) in [5, 5.41) is 14.2. The van der Waals surface area contributed by atoms with Crippen LogP contribution in [0.5, 0.6) is 11.5 Å². The van der Waals surface area contributed by atoms with Gasteiger partial charge in [0, 0.05) is 13.5 Å². The number of ether oxygens (including phenoxy) is 2. The molecule has 1 amide bonds. The molecule has 0 aliphatic heterocycles. The fourth-order valence-electron chi connectivity index (χ4n) is 4.13. The number of fused-ring (bicyclic) bond motifs is 1. The molecule has 0 heterocycles. The molecule has 4 rings (SSSR count). The maximum atomic E-state index is 11.2. The number of aromatic carboxylic acids is 1. The van der Waals surface area contributed by atoms with Gasteiger partial charge in [-0.15, -0.1) is 0 Å². The highest BCUT2D eigenvalue weighted by molar-refractivity contribution is 5.88. The van der Waals surface area contributed by atoms with Gasteiger partial charge in [-0.3, -0.25) is 4.79 Å². The largest absolute Gasteiger partial charge is 0.494 e. The number of benzene rings is 4. The van der Waals surface area contributed by atoms with E-state index in [1.165, 1.54) is 12.5 Å². The Hall–Kier alpha value is -4.32. The third-order valence-corrected chi connectivity index (χ3v) is 6.11. The van der Waals surface area contributed by atoms with Crippen molar-refractivity contribution in [1.82, 2.24) is 5.32 Å². The van der Waals surface area contributed by atoms with Gasteiger partial charge in [0.1, 0.15) is 11.5 Å². The van der Waals surface area contributed by atoms with Crippen LogP contribution in [0.3, 0.4) is 0 Å². The van der Waals surface area contributed by atoms with Crippen molar-refractivity contribution in [3.05, 3.63) is 96.1 Å². The molecule has 4 aromatic rings. The topological polar surface area (TPSA) is 84.9 Å². The lowest BCUT2D eigenvalue weighted by molar-refractivity contribution is -0.118. The number of unbranched alkanes of at least 4 members (excludes halogenated alkanes) is 1. The molecule has 0 fully saturated rings. The van der Waals surface area contributed by atoms with Gasteiger partial charge in [-0.1, -0.05) is 48.5 Å². The van der Waals surface area contributed by atoms with E-state index in [4.69, 9.17) is 14.6 Å². The highest BCUT2D eigenvalue weighted by atomic mass is 16.5. The molecule has 4 aromatic carbocycles. The number of hydrogen-bond acceptors (Lipinski definition) is 4. The van der Waals surface area contributed by atoms with Crippen LogP contribution in [0.4, 0.5) is 0 Å². The minimum Gasteiger partial charge on any atom is -0.494 e. The number of nitrogens with one attached hydrogen (secondary N) is 1. The molecule has 0 bridgehead atoms. The summed E-state index contributed by atoms with van der Waals surface area (Å²) in [5.74, 6) is 0.693. The predicted molar refractivity (Wildman–Crippen MR) is 145 cm³/mol. The number of carbonyl (C=O) groups excluding carboxylic acids is 1. The van der Waals surface area contributed by atoms with E-state index in [9.17, 15) is 9.59 Å². The minimum absolute atomic E-state index is 0.0185. The third kappa shape index (κ3) is 7.34. The van der Waals surface area contributed by atoms with Crippen LogP contribution in [-0.2, 0) is 11.2 Å². The first-order valence-corrected chi connectivity index (χ1v) is 12.4. The first-order chi connectivity index (χ1) is 18.0. The first-order valence-electron chi connectivity index (χ1n) is 12.4. The average Bonchev–Trinajstić information content (AvgIpc) is 2.91. The highest BCUT2D eigenvalue weighted by Crippen LogP contribution is 2.25. The number of amides is 1. The lowest BCUT2D eigenvalue weighted by Crippen LogP contribution is -2.22. The minimum atomic E-state index is -0.928. The predicted octanol–water partition coefficient (Wildman–Crippen LogP) is 6.12. The van der Waals surface area contributed by atoms with Crippen molar-refractivity contribution in [2.24, 2.45) is 0 Å². The van der Waals surface area contributed by atoms with Gasteiger partial charge in [0.25, 0.3) is 0 Å². The molecule has 0 atom stereocenters. The zero-order chi connectivity index (χ0) is 26.0. The fraction of sp³-hybridized carbons (Fsp3) is 0.226. The van der Waals surface area contributed by atoms with Crippen LogP contribution < -0.4 is 14.8 Å². The number of rotatable bonds is 12. The Kier molecular flexibility index (Phi) is 8.76. The summed E-state index contributed by atoms with van der Waals surface area (Å²) in [6.45, 7) is 3.35. The maximum Gasteiger partial charge on any atom is 0.335 e. The number of carboxylic acid groups (broad SMARTS) is 1. The van der Waals surface area contributed by atoms with Crippen LogP contribution in [0.25, 0.3) is 21.9 Å². The number of carbonyl (C=O) groups is 2. The summed E-state index contributed by atoms with van der Waals surface area (Å²) >= 11 is 0. The Morgan fingerprint density at radius 2 is 1.41 bits per heavy atom. The lowest BCUT2D eigenvalue weighted by atomic mass is 10.0. The normalized spacial score (nSPS) is 10.7. The SMILES string of the molecule is CC(=O)NCCc1cccc2ccc(OCCCCOc3ccc(-c4ccc(C(=O)O)cc4)cc3)cc12. The molecule has 0 spiro atoms. The van der Waals surface area contributed by atoms with E-state index in [2.05, 4.69) is 29.6 Å². The highest BCUT2D eigenvalue weighted by Gasteiger charge is 2.05. The van der Waals surface area contributed by atoms with Gasteiger partial charge in [0.2, 0.25) is 5.91 Å². The van der Waals surface area contributed by atoms with Crippen molar-refractivity contribution in [3.8, 4) is 22.6 Å². The maximum absolute atomic E-state index is 11.2. The summed E-state index contributed by atoms with van der Waals surface area (Å²) in [6.07, 6.45) is 2.51. The Bertz CT molecular complexity index is 1350. The van der Waals surface area contributed by atoms with Crippen LogP contribution in [0.2, 0.25) is 0 Å². The molecule has 0 aliphatic carbocycles. The summed E-state index contributed by atoms with van der Waals surface area (Å²) < 4.78 is 11.9. The molecule has 0 saturated carbocycles. The van der Waals surface area contributed by atoms with Gasteiger partial charge in [0.05, 0.1) is 18.8 Å². The smallest absolute Gasteiger partial charge is 0.335 e.